The number of rotatable bonds is 14. The number of carbonyl (C=O) groups is 2. The van der Waals surface area contributed by atoms with Crippen molar-refractivity contribution in [1.82, 2.24) is 19.9 Å². The largest absolute Gasteiger partial charge is 0.465 e. The minimum absolute atomic E-state index is 0.353. The zero-order chi connectivity index (χ0) is 39.0. The fourth-order valence-electron chi connectivity index (χ4n) is 7.70. The van der Waals surface area contributed by atoms with Crippen LogP contribution in [0.2, 0.25) is 0 Å². The topological polar surface area (TPSA) is 110 Å². The van der Waals surface area contributed by atoms with E-state index in [1.165, 1.54) is 32.6 Å². The van der Waals surface area contributed by atoms with Gasteiger partial charge < -0.3 is 19.4 Å². The van der Waals surface area contributed by atoms with Crippen molar-refractivity contribution in [2.75, 3.05) is 14.2 Å². The number of aromatic nitrogens is 4. The lowest BCUT2D eigenvalue weighted by molar-refractivity contribution is 0.0592. The van der Waals surface area contributed by atoms with E-state index in [2.05, 4.69) is 78.5 Å². The molecule has 0 fully saturated rings. The number of nitrogens with zero attached hydrogens (tertiary/aromatic N) is 2. The highest BCUT2D eigenvalue weighted by Crippen LogP contribution is 2.37. The second-order valence-corrected chi connectivity index (χ2v) is 14.5. The van der Waals surface area contributed by atoms with Crippen LogP contribution in [-0.2, 0) is 22.3 Å². The third kappa shape index (κ3) is 8.30. The summed E-state index contributed by atoms with van der Waals surface area (Å²) in [5, 5.41) is 0. The summed E-state index contributed by atoms with van der Waals surface area (Å²) in [7, 11) is 2.81. The van der Waals surface area contributed by atoms with Gasteiger partial charge in [0.2, 0.25) is 0 Å². The van der Waals surface area contributed by atoms with E-state index in [0.29, 0.717) is 11.1 Å². The Morgan fingerprint density at radius 3 is 1.93 bits per heavy atom. The number of fused-ring (bicyclic) bond motifs is 8. The van der Waals surface area contributed by atoms with E-state index in [1.807, 2.05) is 30.3 Å². The number of carbonyl (C=O) groups excluding carboxylic acids is 2. The average molecular weight is 747 g/mol. The second-order valence-electron chi connectivity index (χ2n) is 14.5. The molecule has 286 valence electrons. The Bertz CT molecular complexity index is 2470. The van der Waals surface area contributed by atoms with Crippen molar-refractivity contribution in [2.24, 2.45) is 0 Å². The molecule has 0 aliphatic carbocycles. The molecule has 5 aromatic rings. The monoisotopic (exact) mass is 746 g/mol. The third-order valence-electron chi connectivity index (χ3n) is 10.7. The van der Waals surface area contributed by atoms with Gasteiger partial charge in [-0.25, -0.2) is 19.6 Å². The molecule has 7 rings (SSSR count). The molecule has 0 spiro atoms. The van der Waals surface area contributed by atoms with Crippen LogP contribution in [0.4, 0.5) is 0 Å². The van der Waals surface area contributed by atoms with Gasteiger partial charge in [0.25, 0.3) is 0 Å². The number of methoxy groups -OCH3 is 2. The fraction of sp³-hybridized carbons (Fsp3) is 0.292. The zero-order valence-corrected chi connectivity index (χ0v) is 32.8. The van der Waals surface area contributed by atoms with Gasteiger partial charge >= 0.3 is 11.9 Å². The molecule has 0 amide bonds. The number of aryl methyl sites for hydroxylation is 2. The number of esters is 2. The number of benzene rings is 2. The maximum Gasteiger partial charge on any atom is 0.337 e. The van der Waals surface area contributed by atoms with E-state index in [0.717, 1.165) is 124 Å². The summed E-state index contributed by atoms with van der Waals surface area (Å²) in [6.45, 7) is 4.45. The minimum Gasteiger partial charge on any atom is -0.465 e. The van der Waals surface area contributed by atoms with Crippen LogP contribution >= 0.6 is 0 Å². The first-order valence-corrected chi connectivity index (χ1v) is 19.9. The predicted octanol–water partition coefficient (Wildman–Crippen LogP) is 11.8. The quantitative estimate of drug-likeness (QED) is 0.0847. The Balaban J connectivity index is 1.54. The Labute approximate surface area is 328 Å². The lowest BCUT2D eigenvalue weighted by Crippen LogP contribution is -2.03. The van der Waals surface area contributed by atoms with Gasteiger partial charge in [0.05, 0.1) is 48.1 Å². The third-order valence-corrected chi connectivity index (χ3v) is 10.7. The molecule has 8 heteroatoms. The Morgan fingerprint density at radius 1 is 0.571 bits per heavy atom. The van der Waals surface area contributed by atoms with Crippen LogP contribution in [0, 0.1) is 0 Å². The maximum atomic E-state index is 12.8. The number of H-pyrrole nitrogens is 2. The predicted molar refractivity (Wildman–Crippen MR) is 228 cm³/mol. The van der Waals surface area contributed by atoms with E-state index >= 15 is 0 Å². The van der Waals surface area contributed by atoms with Gasteiger partial charge in [0.15, 0.2) is 0 Å². The Hall–Kier alpha value is -6.02. The van der Waals surface area contributed by atoms with Gasteiger partial charge in [-0.2, -0.15) is 0 Å². The summed E-state index contributed by atoms with van der Waals surface area (Å²) in [6, 6.07) is 23.9. The van der Waals surface area contributed by atoms with Gasteiger partial charge in [0.1, 0.15) is 0 Å². The number of hydrogen-bond donors (Lipinski definition) is 2. The summed E-state index contributed by atoms with van der Waals surface area (Å²) in [5.74, 6) is -0.740. The molecule has 0 saturated carbocycles. The molecular weight excluding hydrogens is 697 g/mol. The van der Waals surface area contributed by atoms with E-state index in [1.54, 1.807) is 12.1 Å². The Morgan fingerprint density at radius 2 is 1.20 bits per heavy atom. The second kappa shape index (κ2) is 17.6. The summed E-state index contributed by atoms with van der Waals surface area (Å²) in [6.07, 6.45) is 19.1. The van der Waals surface area contributed by atoms with Crippen LogP contribution in [0.25, 0.3) is 68.6 Å². The molecule has 56 heavy (non-hydrogen) atoms. The molecular formula is C48H50N4O4. The summed E-state index contributed by atoms with van der Waals surface area (Å²) in [5.41, 5.74) is 14.3. The van der Waals surface area contributed by atoms with Crippen LogP contribution in [-0.4, -0.2) is 46.1 Å². The molecule has 0 radical (unpaired) electrons. The molecule has 2 aliphatic rings. The molecule has 8 nitrogen and oxygen atoms in total. The molecule has 2 aliphatic heterocycles. The molecule has 3 aromatic heterocycles. The average Bonchev–Trinajstić information content (AvgIpc) is 4.07. The lowest BCUT2D eigenvalue weighted by Gasteiger charge is -2.13. The van der Waals surface area contributed by atoms with Crippen LogP contribution < -0.4 is 0 Å². The number of ether oxygens (including phenoxy) is 2. The number of nitrogens with one attached hydrogen (secondary N) is 2. The number of hydrogen-bond acceptors (Lipinski definition) is 6. The van der Waals surface area contributed by atoms with Gasteiger partial charge in [-0.3, -0.25) is 0 Å². The van der Waals surface area contributed by atoms with Crippen molar-refractivity contribution in [3.8, 4) is 22.3 Å². The zero-order valence-electron chi connectivity index (χ0n) is 32.8. The van der Waals surface area contributed by atoms with Crippen molar-refractivity contribution < 1.29 is 19.1 Å². The number of unbranched alkanes of at least 4 members (excludes halogenated alkanes) is 6. The highest BCUT2D eigenvalue weighted by molar-refractivity contribution is 5.98. The first-order valence-electron chi connectivity index (χ1n) is 19.9. The summed E-state index contributed by atoms with van der Waals surface area (Å²) < 4.78 is 10.1. The van der Waals surface area contributed by atoms with Crippen LogP contribution in [0.1, 0.15) is 120 Å². The highest BCUT2D eigenvalue weighted by atomic mass is 16.5. The smallest absolute Gasteiger partial charge is 0.337 e. The number of aromatic amines is 2. The van der Waals surface area contributed by atoms with E-state index < -0.39 is 0 Å². The van der Waals surface area contributed by atoms with E-state index in [9.17, 15) is 9.59 Å². The van der Waals surface area contributed by atoms with Gasteiger partial charge in [-0.05, 0) is 121 Å². The van der Waals surface area contributed by atoms with Gasteiger partial charge in [-0.1, -0.05) is 70.6 Å². The Kier molecular flexibility index (Phi) is 12.0. The van der Waals surface area contributed by atoms with E-state index in [4.69, 9.17) is 19.4 Å². The fourth-order valence-corrected chi connectivity index (χ4v) is 7.70. The van der Waals surface area contributed by atoms with Crippen molar-refractivity contribution in [3.63, 3.8) is 0 Å². The van der Waals surface area contributed by atoms with Crippen molar-refractivity contribution in [3.05, 3.63) is 118 Å². The van der Waals surface area contributed by atoms with Crippen molar-refractivity contribution in [1.29, 1.82) is 0 Å². The molecule has 2 aromatic carbocycles. The van der Waals surface area contributed by atoms with Crippen LogP contribution in [0.15, 0.2) is 72.8 Å². The summed E-state index contributed by atoms with van der Waals surface area (Å²) >= 11 is 0. The molecule has 8 bridgehead atoms. The van der Waals surface area contributed by atoms with Gasteiger partial charge in [-0.15, -0.1) is 0 Å². The first kappa shape index (κ1) is 38.3. The lowest BCUT2D eigenvalue weighted by atomic mass is 9.92. The molecule has 0 unspecified atom stereocenters. The van der Waals surface area contributed by atoms with Crippen molar-refractivity contribution in [2.45, 2.75) is 78.1 Å². The SMILES string of the molecule is CCCCCCc1cc(C(=O)OC)ccc1-c1c2nc(c(-c3ccc(C(=O)OC)cc3)c3ccc(cc4nc(c(CCCCCC)c5ccc1[nH]5)C=C4)[nH]3)C=C2. The normalized spacial score (nSPS) is 11.9. The molecule has 0 atom stereocenters. The van der Waals surface area contributed by atoms with Crippen LogP contribution in [0.5, 0.6) is 0 Å². The maximum absolute atomic E-state index is 12.8. The van der Waals surface area contributed by atoms with E-state index in [-0.39, 0.29) is 11.9 Å². The van der Waals surface area contributed by atoms with Crippen molar-refractivity contribution >= 4 is 58.3 Å². The molecule has 0 saturated heterocycles. The van der Waals surface area contributed by atoms with Gasteiger partial charge in [0, 0.05) is 38.8 Å². The summed E-state index contributed by atoms with van der Waals surface area (Å²) in [4.78, 5) is 43.2. The molecule has 5 heterocycles. The first-order chi connectivity index (χ1) is 27.4. The highest BCUT2D eigenvalue weighted by Gasteiger charge is 2.20. The molecule has 2 N–H and O–H groups in total. The standard InChI is InChI=1S/C48H50N4O4/c1-5-7-9-11-13-33-29-34(48(54)56-4)19-22-37(33)46-43-26-25-40(51-43)38(14-12-10-8-6-2)39-23-20-35(49-39)30-36-21-24-41(50-36)45(42-27-28-44(46)52-42)31-15-17-32(18-16-31)47(53)55-3/h15-30,50-51H,5-14H2,1-4H3. The minimum atomic E-state index is -0.388. The van der Waals surface area contributed by atoms with Crippen LogP contribution in [0.3, 0.4) is 0 Å².